The largest absolute Gasteiger partial charge is 0.519 e. The lowest BCUT2D eigenvalue weighted by Crippen LogP contribution is -2.14. The predicted octanol–water partition coefficient (Wildman–Crippen LogP) is 17.7. The first kappa shape index (κ1) is 44.2. The average Bonchev–Trinajstić information content (AvgIpc) is 3.37. The van der Waals surface area contributed by atoms with Crippen LogP contribution >= 0.6 is 0 Å². The number of aryl methyl sites for hydroxylation is 2. The molecule has 0 saturated heterocycles. The molecule has 6 nitrogen and oxygen atoms in total. The summed E-state index contributed by atoms with van der Waals surface area (Å²) in [5.74, 6) is 1.67. The lowest BCUT2D eigenvalue weighted by Gasteiger charge is -2.22. The summed E-state index contributed by atoms with van der Waals surface area (Å²) in [5.41, 5.74) is 4.43. The zero-order chi connectivity index (χ0) is 46.4. The number of hydrogen-bond acceptors (Lipinski definition) is 6. The summed E-state index contributed by atoms with van der Waals surface area (Å²) in [6.07, 6.45) is 9.31. The van der Waals surface area contributed by atoms with Gasteiger partial charge in [-0.25, -0.2) is 9.59 Å². The Balaban J connectivity index is 1.16. The Morgan fingerprint density at radius 2 is 0.721 bits per heavy atom. The molecule has 0 amide bonds. The van der Waals surface area contributed by atoms with Gasteiger partial charge in [0.2, 0.25) is 0 Å². The summed E-state index contributed by atoms with van der Waals surface area (Å²) in [4.78, 5) is 27.9. The first-order chi connectivity index (χ1) is 33.4. The molecular formula is C62H54O6. The zero-order valence-electron chi connectivity index (χ0n) is 38.7. The van der Waals surface area contributed by atoms with Gasteiger partial charge in [-0.3, -0.25) is 0 Å². The smallest absolute Gasteiger partial charge is 0.395 e. The Bertz CT molecular complexity index is 3260. The van der Waals surface area contributed by atoms with Crippen LogP contribution in [0.15, 0.2) is 170 Å². The number of carbonyl (C=O) groups is 2. The van der Waals surface area contributed by atoms with Crippen molar-refractivity contribution in [3.05, 3.63) is 181 Å². The van der Waals surface area contributed by atoms with Crippen molar-refractivity contribution in [2.75, 3.05) is 0 Å². The summed E-state index contributed by atoms with van der Waals surface area (Å²) in [5, 5.41) is 10.9. The van der Waals surface area contributed by atoms with Crippen LogP contribution < -0.4 is 18.9 Å². The number of benzene rings is 10. The maximum atomic E-state index is 13.9. The van der Waals surface area contributed by atoms with Crippen LogP contribution in [-0.4, -0.2) is 12.3 Å². The fourth-order valence-electron chi connectivity index (χ4n) is 9.82. The number of ether oxygens (including phenoxy) is 4. The van der Waals surface area contributed by atoms with Crippen molar-refractivity contribution in [2.24, 2.45) is 0 Å². The normalized spacial score (nSPS) is 11.5. The SMILES string of the molecule is CCCCCCc1ccc2c(OC(=O)Oc3ccc4ccccc4c3)c3ccccc3c(-c3c4ccccc4c(OC(=O)Oc4ccc5ccccc5c4)c4ccc(CCCCCC)cc34)c2c1. The Morgan fingerprint density at radius 1 is 0.338 bits per heavy atom. The lowest BCUT2D eigenvalue weighted by molar-refractivity contribution is 0.152. The van der Waals surface area contributed by atoms with E-state index >= 15 is 0 Å². The topological polar surface area (TPSA) is 71.1 Å². The summed E-state index contributed by atoms with van der Waals surface area (Å²) in [6.45, 7) is 4.46. The second-order valence-electron chi connectivity index (χ2n) is 17.8. The van der Waals surface area contributed by atoms with E-state index in [1.165, 1.54) is 24.0 Å². The molecule has 68 heavy (non-hydrogen) atoms. The molecule has 0 saturated carbocycles. The number of hydrogen-bond donors (Lipinski definition) is 0. The summed E-state index contributed by atoms with van der Waals surface area (Å²) in [6, 6.07) is 56.5. The van der Waals surface area contributed by atoms with Gasteiger partial charge in [-0.2, -0.15) is 0 Å². The van der Waals surface area contributed by atoms with Crippen LogP contribution in [0.3, 0.4) is 0 Å². The van der Waals surface area contributed by atoms with Gasteiger partial charge in [-0.15, -0.1) is 0 Å². The highest BCUT2D eigenvalue weighted by molar-refractivity contribution is 6.27. The van der Waals surface area contributed by atoms with Gasteiger partial charge in [0, 0.05) is 21.5 Å². The minimum atomic E-state index is -0.816. The van der Waals surface area contributed by atoms with E-state index in [1.807, 2.05) is 109 Å². The van der Waals surface area contributed by atoms with Crippen LogP contribution in [0.2, 0.25) is 0 Å². The van der Waals surface area contributed by atoms with Crippen LogP contribution in [-0.2, 0) is 12.8 Å². The molecule has 0 heterocycles. The van der Waals surface area contributed by atoms with E-state index in [2.05, 4.69) is 62.4 Å². The molecule has 0 fully saturated rings. The van der Waals surface area contributed by atoms with Crippen molar-refractivity contribution in [3.8, 4) is 34.1 Å². The predicted molar refractivity (Wildman–Crippen MR) is 279 cm³/mol. The van der Waals surface area contributed by atoms with Crippen molar-refractivity contribution in [3.63, 3.8) is 0 Å². The number of unbranched alkanes of at least 4 members (excludes halogenated alkanes) is 6. The molecule has 0 unspecified atom stereocenters. The molecule has 0 bridgehead atoms. The van der Waals surface area contributed by atoms with Gasteiger partial charge in [0.25, 0.3) is 0 Å². The summed E-state index contributed by atoms with van der Waals surface area (Å²) in [7, 11) is 0. The Labute approximate surface area is 397 Å². The van der Waals surface area contributed by atoms with Gasteiger partial charge in [0.15, 0.2) is 0 Å². The third-order valence-corrected chi connectivity index (χ3v) is 13.2. The van der Waals surface area contributed by atoms with Gasteiger partial charge >= 0.3 is 12.3 Å². The molecule has 0 radical (unpaired) electrons. The van der Waals surface area contributed by atoms with Gasteiger partial charge in [-0.05, 0) is 115 Å². The summed E-state index contributed by atoms with van der Waals surface area (Å²) < 4.78 is 24.5. The van der Waals surface area contributed by atoms with Crippen LogP contribution in [0.4, 0.5) is 9.59 Å². The molecule has 0 aromatic heterocycles. The third-order valence-electron chi connectivity index (χ3n) is 13.2. The van der Waals surface area contributed by atoms with Gasteiger partial charge in [0.1, 0.15) is 23.0 Å². The van der Waals surface area contributed by atoms with E-state index in [4.69, 9.17) is 18.9 Å². The highest BCUT2D eigenvalue weighted by Gasteiger charge is 2.26. The lowest BCUT2D eigenvalue weighted by atomic mass is 9.84. The summed E-state index contributed by atoms with van der Waals surface area (Å²) >= 11 is 0. The molecule has 0 aliphatic heterocycles. The molecule has 338 valence electrons. The van der Waals surface area contributed by atoms with E-state index in [0.29, 0.717) is 23.0 Å². The van der Waals surface area contributed by atoms with E-state index < -0.39 is 12.3 Å². The van der Waals surface area contributed by atoms with E-state index in [1.54, 1.807) is 12.1 Å². The van der Waals surface area contributed by atoms with Crippen molar-refractivity contribution in [1.29, 1.82) is 0 Å². The van der Waals surface area contributed by atoms with E-state index in [0.717, 1.165) is 127 Å². The maximum Gasteiger partial charge on any atom is 0.519 e. The fraction of sp³-hybridized carbons (Fsp3) is 0.194. The quantitative estimate of drug-likeness (QED) is 0.0442. The Kier molecular flexibility index (Phi) is 13.0. The molecule has 0 aliphatic carbocycles. The van der Waals surface area contributed by atoms with Gasteiger partial charge in [0.05, 0.1) is 0 Å². The Morgan fingerprint density at radius 3 is 1.15 bits per heavy atom. The fourth-order valence-corrected chi connectivity index (χ4v) is 9.82. The monoisotopic (exact) mass is 894 g/mol. The minimum Gasteiger partial charge on any atom is -0.395 e. The first-order valence-electron chi connectivity index (χ1n) is 24.2. The van der Waals surface area contributed by atoms with Crippen LogP contribution in [0.1, 0.15) is 76.3 Å². The van der Waals surface area contributed by atoms with E-state index in [9.17, 15) is 9.59 Å². The Hall–Kier alpha value is -7.70. The number of rotatable bonds is 15. The molecule has 0 aliphatic rings. The van der Waals surface area contributed by atoms with Crippen LogP contribution in [0, 0.1) is 0 Å². The minimum absolute atomic E-state index is 0.403. The first-order valence-corrected chi connectivity index (χ1v) is 24.2. The highest BCUT2D eigenvalue weighted by Crippen LogP contribution is 2.50. The van der Waals surface area contributed by atoms with Crippen molar-refractivity contribution in [1.82, 2.24) is 0 Å². The maximum absolute atomic E-state index is 13.9. The molecule has 10 rings (SSSR count). The second kappa shape index (κ2) is 20.0. The van der Waals surface area contributed by atoms with Crippen molar-refractivity contribution < 1.29 is 28.5 Å². The molecule has 10 aromatic carbocycles. The molecule has 0 spiro atoms. The van der Waals surface area contributed by atoms with Gasteiger partial charge < -0.3 is 18.9 Å². The average molecular weight is 895 g/mol. The molecule has 0 atom stereocenters. The van der Waals surface area contributed by atoms with Crippen molar-refractivity contribution in [2.45, 2.75) is 78.1 Å². The standard InChI is InChI=1S/C62H54O6/c1-3-5-7-9-19-41-29-35-53-55(37-41)57(49-25-15-17-27-51(49)59(53)67-61(63)65-47-33-31-43-21-11-13-23-45(43)39-47)58-50-26-16-18-28-52(50)60(54-36-30-42(38-56(54)58)20-10-8-6-4-2)68-62(64)66-48-34-32-44-22-12-14-24-46(44)40-48/h11-18,21-40H,3-10,19-20H2,1-2H3. The van der Waals surface area contributed by atoms with E-state index in [-0.39, 0.29) is 0 Å². The van der Waals surface area contributed by atoms with Crippen LogP contribution in [0.25, 0.3) is 75.8 Å². The zero-order valence-corrected chi connectivity index (χ0v) is 38.7. The molecule has 6 heteroatoms. The molecular weight excluding hydrogens is 841 g/mol. The number of fused-ring (bicyclic) bond motifs is 6. The second-order valence-corrected chi connectivity index (χ2v) is 17.8. The molecule has 0 N–H and O–H groups in total. The third kappa shape index (κ3) is 9.19. The van der Waals surface area contributed by atoms with Crippen molar-refractivity contribution >= 4 is 76.9 Å². The van der Waals surface area contributed by atoms with Gasteiger partial charge in [-0.1, -0.05) is 198 Å². The number of carbonyl (C=O) groups excluding carboxylic acids is 2. The highest BCUT2D eigenvalue weighted by atomic mass is 16.7. The van der Waals surface area contributed by atoms with Crippen LogP contribution in [0.5, 0.6) is 23.0 Å². The molecule has 10 aromatic rings.